The van der Waals surface area contributed by atoms with Crippen molar-refractivity contribution in [3.63, 3.8) is 0 Å². The topological polar surface area (TPSA) is 12.0 Å². The molecule has 0 radical (unpaired) electrons. The SMILES string of the molecule is CNC(CSc1ccccc1)c1ccc(C(C)(C)C)cc1. The monoisotopic (exact) mass is 299 g/mol. The Hall–Kier alpha value is -1.25. The molecule has 2 aromatic carbocycles. The van der Waals surface area contributed by atoms with E-state index >= 15 is 0 Å². The molecule has 0 fully saturated rings. The van der Waals surface area contributed by atoms with Crippen molar-refractivity contribution < 1.29 is 0 Å². The average molecular weight is 299 g/mol. The molecule has 21 heavy (non-hydrogen) atoms. The summed E-state index contributed by atoms with van der Waals surface area (Å²) in [6.45, 7) is 6.76. The van der Waals surface area contributed by atoms with Crippen molar-refractivity contribution in [2.24, 2.45) is 0 Å². The molecule has 0 spiro atoms. The van der Waals surface area contributed by atoms with E-state index in [1.54, 1.807) is 0 Å². The molecule has 0 heterocycles. The second-order valence-corrected chi connectivity index (χ2v) is 7.43. The van der Waals surface area contributed by atoms with E-state index in [1.807, 2.05) is 18.8 Å². The fourth-order valence-corrected chi connectivity index (χ4v) is 3.33. The first-order valence-electron chi connectivity index (χ1n) is 7.46. The molecule has 1 N–H and O–H groups in total. The summed E-state index contributed by atoms with van der Waals surface area (Å²) in [5.74, 6) is 1.04. The number of rotatable bonds is 5. The van der Waals surface area contributed by atoms with E-state index in [-0.39, 0.29) is 5.41 Å². The van der Waals surface area contributed by atoms with Crippen LogP contribution in [-0.4, -0.2) is 12.8 Å². The summed E-state index contributed by atoms with van der Waals surface area (Å²) in [6.07, 6.45) is 0. The van der Waals surface area contributed by atoms with Crippen molar-refractivity contribution in [2.75, 3.05) is 12.8 Å². The van der Waals surface area contributed by atoms with Crippen LogP contribution in [0.4, 0.5) is 0 Å². The zero-order chi connectivity index (χ0) is 15.3. The van der Waals surface area contributed by atoms with Crippen LogP contribution in [0.2, 0.25) is 0 Å². The van der Waals surface area contributed by atoms with Gasteiger partial charge in [-0.15, -0.1) is 11.8 Å². The zero-order valence-corrected chi connectivity index (χ0v) is 14.2. The summed E-state index contributed by atoms with van der Waals surface area (Å²) in [5, 5.41) is 3.43. The lowest BCUT2D eigenvalue weighted by Gasteiger charge is -2.21. The van der Waals surface area contributed by atoms with Crippen LogP contribution in [0.5, 0.6) is 0 Å². The molecule has 2 heteroatoms. The predicted octanol–water partition coefficient (Wildman–Crippen LogP) is 5.04. The van der Waals surface area contributed by atoms with Crippen molar-refractivity contribution >= 4 is 11.8 Å². The van der Waals surface area contributed by atoms with Gasteiger partial charge in [0.15, 0.2) is 0 Å². The minimum atomic E-state index is 0.215. The maximum atomic E-state index is 3.43. The van der Waals surface area contributed by atoms with Gasteiger partial charge in [0.25, 0.3) is 0 Å². The highest BCUT2D eigenvalue weighted by Gasteiger charge is 2.15. The Morgan fingerprint density at radius 2 is 1.57 bits per heavy atom. The quantitative estimate of drug-likeness (QED) is 0.777. The molecule has 2 rings (SSSR count). The maximum Gasteiger partial charge on any atom is 0.0412 e. The first-order valence-corrected chi connectivity index (χ1v) is 8.45. The highest BCUT2D eigenvalue weighted by Crippen LogP contribution is 2.27. The molecule has 0 amide bonds. The van der Waals surface area contributed by atoms with Crippen LogP contribution in [0, 0.1) is 0 Å². The fourth-order valence-electron chi connectivity index (χ4n) is 2.26. The molecule has 1 atom stereocenters. The molecule has 1 nitrogen and oxygen atoms in total. The average Bonchev–Trinajstić information content (AvgIpc) is 2.48. The van der Waals surface area contributed by atoms with E-state index in [0.29, 0.717) is 6.04 Å². The molecule has 0 bridgehead atoms. The zero-order valence-electron chi connectivity index (χ0n) is 13.4. The van der Waals surface area contributed by atoms with Gasteiger partial charge in [-0.05, 0) is 35.7 Å². The Balaban J connectivity index is 2.04. The molecule has 2 aromatic rings. The Kier molecular flexibility index (Phi) is 5.49. The maximum absolute atomic E-state index is 3.43. The minimum Gasteiger partial charge on any atom is -0.312 e. The number of benzene rings is 2. The lowest BCUT2D eigenvalue weighted by atomic mass is 9.86. The Morgan fingerprint density at radius 3 is 2.10 bits per heavy atom. The second kappa shape index (κ2) is 7.15. The van der Waals surface area contributed by atoms with E-state index in [0.717, 1.165) is 5.75 Å². The van der Waals surface area contributed by atoms with Crippen LogP contribution in [0.25, 0.3) is 0 Å². The van der Waals surface area contributed by atoms with Crippen molar-refractivity contribution in [3.8, 4) is 0 Å². The van der Waals surface area contributed by atoms with Gasteiger partial charge in [0.1, 0.15) is 0 Å². The minimum absolute atomic E-state index is 0.215. The normalized spacial score (nSPS) is 13.1. The van der Waals surface area contributed by atoms with Gasteiger partial charge in [-0.25, -0.2) is 0 Å². The third-order valence-corrected chi connectivity index (χ3v) is 4.79. The van der Waals surface area contributed by atoms with Crippen molar-refractivity contribution in [1.82, 2.24) is 5.32 Å². The third kappa shape index (κ3) is 4.62. The Morgan fingerprint density at radius 1 is 0.952 bits per heavy atom. The van der Waals surface area contributed by atoms with E-state index < -0.39 is 0 Å². The molecule has 0 aromatic heterocycles. The van der Waals surface area contributed by atoms with Gasteiger partial charge in [0.05, 0.1) is 0 Å². The molecule has 0 aliphatic rings. The summed E-state index contributed by atoms with van der Waals surface area (Å²) in [7, 11) is 2.04. The molecular weight excluding hydrogens is 274 g/mol. The first kappa shape index (κ1) is 16.1. The number of hydrogen-bond donors (Lipinski definition) is 1. The summed E-state index contributed by atoms with van der Waals surface area (Å²) < 4.78 is 0. The Bertz CT molecular complexity index is 540. The summed E-state index contributed by atoms with van der Waals surface area (Å²) >= 11 is 1.90. The number of nitrogens with one attached hydrogen (secondary N) is 1. The van der Waals surface area contributed by atoms with Gasteiger partial charge in [0.2, 0.25) is 0 Å². The van der Waals surface area contributed by atoms with Crippen LogP contribution >= 0.6 is 11.8 Å². The first-order chi connectivity index (χ1) is 10.0. The number of hydrogen-bond acceptors (Lipinski definition) is 2. The van der Waals surface area contributed by atoms with E-state index in [4.69, 9.17) is 0 Å². The van der Waals surface area contributed by atoms with Crippen molar-refractivity contribution in [2.45, 2.75) is 37.1 Å². The van der Waals surface area contributed by atoms with Crippen LogP contribution in [0.3, 0.4) is 0 Å². The van der Waals surface area contributed by atoms with Gasteiger partial charge in [0, 0.05) is 16.7 Å². The lowest BCUT2D eigenvalue weighted by molar-refractivity contribution is 0.588. The van der Waals surface area contributed by atoms with E-state index in [1.165, 1.54) is 16.0 Å². The number of thioether (sulfide) groups is 1. The largest absolute Gasteiger partial charge is 0.312 e. The smallest absolute Gasteiger partial charge is 0.0412 e. The molecule has 0 aliphatic heterocycles. The van der Waals surface area contributed by atoms with E-state index in [9.17, 15) is 0 Å². The van der Waals surface area contributed by atoms with Gasteiger partial charge in [-0.3, -0.25) is 0 Å². The van der Waals surface area contributed by atoms with Crippen LogP contribution < -0.4 is 5.32 Å². The molecule has 0 aliphatic carbocycles. The van der Waals surface area contributed by atoms with Crippen LogP contribution in [-0.2, 0) is 5.41 Å². The van der Waals surface area contributed by atoms with Gasteiger partial charge in [-0.2, -0.15) is 0 Å². The predicted molar refractivity (Wildman–Crippen MR) is 94.1 cm³/mol. The highest BCUT2D eigenvalue weighted by molar-refractivity contribution is 7.99. The summed E-state index contributed by atoms with van der Waals surface area (Å²) in [5.41, 5.74) is 2.96. The van der Waals surface area contributed by atoms with Crippen molar-refractivity contribution in [3.05, 3.63) is 65.7 Å². The van der Waals surface area contributed by atoms with E-state index in [2.05, 4.69) is 80.7 Å². The van der Waals surface area contributed by atoms with Crippen LogP contribution in [0.15, 0.2) is 59.5 Å². The van der Waals surface area contributed by atoms with Gasteiger partial charge in [-0.1, -0.05) is 63.2 Å². The fraction of sp³-hybridized carbons (Fsp3) is 0.368. The molecule has 1 unspecified atom stereocenters. The lowest BCUT2D eigenvalue weighted by Crippen LogP contribution is -2.19. The summed E-state index contributed by atoms with van der Waals surface area (Å²) in [4.78, 5) is 1.32. The molecule has 0 saturated heterocycles. The molecule has 0 saturated carbocycles. The standard InChI is InChI=1S/C19H25NS/c1-19(2,3)16-12-10-15(11-13-16)18(20-4)14-21-17-8-6-5-7-9-17/h5-13,18,20H,14H2,1-4H3. The van der Waals surface area contributed by atoms with Crippen LogP contribution in [0.1, 0.15) is 37.9 Å². The van der Waals surface area contributed by atoms with Gasteiger partial charge < -0.3 is 5.32 Å². The highest BCUT2D eigenvalue weighted by atomic mass is 32.2. The third-order valence-electron chi connectivity index (χ3n) is 3.69. The summed E-state index contributed by atoms with van der Waals surface area (Å²) in [6, 6.07) is 20.0. The second-order valence-electron chi connectivity index (χ2n) is 6.34. The van der Waals surface area contributed by atoms with Gasteiger partial charge >= 0.3 is 0 Å². The molecular formula is C19H25NS. The van der Waals surface area contributed by atoms with Crippen molar-refractivity contribution in [1.29, 1.82) is 0 Å². The molecule has 112 valence electrons. The Labute approximate surface area is 133 Å².